The highest BCUT2D eigenvalue weighted by atomic mass is 16.1. The number of rotatable bonds is 5. The fourth-order valence-electron chi connectivity index (χ4n) is 4.67. The van der Waals surface area contributed by atoms with Gasteiger partial charge in [-0.05, 0) is 64.2 Å². The average molecular weight is 307 g/mol. The van der Waals surface area contributed by atoms with Crippen molar-refractivity contribution in [3.05, 3.63) is 0 Å². The average Bonchev–Trinajstić information content (AvgIpc) is 3.08. The number of hydrogen-bond donors (Lipinski definition) is 2. The second-order valence-corrected chi connectivity index (χ2v) is 7.67. The highest BCUT2D eigenvalue weighted by molar-refractivity contribution is 5.76. The van der Waals surface area contributed by atoms with Crippen molar-refractivity contribution in [1.82, 2.24) is 15.5 Å². The van der Waals surface area contributed by atoms with Gasteiger partial charge in [-0.3, -0.25) is 9.69 Å². The van der Waals surface area contributed by atoms with Gasteiger partial charge in [-0.1, -0.05) is 25.7 Å². The molecule has 1 aliphatic carbocycles. The molecule has 0 aromatic carbocycles. The van der Waals surface area contributed by atoms with Crippen molar-refractivity contribution in [2.45, 2.75) is 69.7 Å². The fraction of sp³-hybridized carbons (Fsp3) is 0.944. The minimum Gasteiger partial charge on any atom is -0.354 e. The molecule has 0 spiro atoms. The van der Waals surface area contributed by atoms with Gasteiger partial charge in [-0.2, -0.15) is 0 Å². The smallest absolute Gasteiger partial charge is 0.220 e. The fourth-order valence-corrected chi connectivity index (χ4v) is 4.67. The maximum absolute atomic E-state index is 12.3. The molecule has 0 bridgehead atoms. The Morgan fingerprint density at radius 2 is 1.82 bits per heavy atom. The molecule has 0 radical (unpaired) electrons. The summed E-state index contributed by atoms with van der Waals surface area (Å²) in [7, 11) is 0. The van der Waals surface area contributed by atoms with Gasteiger partial charge in [0, 0.05) is 18.5 Å². The number of hydrogen-bond acceptors (Lipinski definition) is 3. The summed E-state index contributed by atoms with van der Waals surface area (Å²) >= 11 is 0. The van der Waals surface area contributed by atoms with Crippen molar-refractivity contribution in [3.8, 4) is 0 Å². The Hall–Kier alpha value is -0.610. The summed E-state index contributed by atoms with van der Waals surface area (Å²) in [5.41, 5.74) is 0.266. The third-order valence-corrected chi connectivity index (χ3v) is 6.06. The molecule has 1 amide bonds. The van der Waals surface area contributed by atoms with Crippen LogP contribution in [0.5, 0.6) is 0 Å². The Labute approximate surface area is 135 Å². The Morgan fingerprint density at radius 1 is 1.09 bits per heavy atom. The van der Waals surface area contributed by atoms with Crippen LogP contribution in [0.4, 0.5) is 0 Å². The van der Waals surface area contributed by atoms with Gasteiger partial charge in [0.2, 0.25) is 5.91 Å². The zero-order valence-electron chi connectivity index (χ0n) is 14.0. The van der Waals surface area contributed by atoms with E-state index in [1.807, 2.05) is 0 Å². The zero-order chi connectivity index (χ0) is 15.3. The van der Waals surface area contributed by atoms with Crippen LogP contribution in [0.25, 0.3) is 0 Å². The van der Waals surface area contributed by atoms with E-state index in [-0.39, 0.29) is 11.4 Å². The van der Waals surface area contributed by atoms with E-state index in [1.165, 1.54) is 64.5 Å². The molecular weight excluding hydrogens is 274 g/mol. The molecule has 126 valence electrons. The lowest BCUT2D eigenvalue weighted by molar-refractivity contribution is -0.122. The standard InChI is InChI=1S/C18H33N3O/c22-17(13-16-7-10-19-14-16)20-15-18(8-3-1-4-9-18)21-11-5-2-6-12-21/h16,19H,1-15H2,(H,20,22). The lowest BCUT2D eigenvalue weighted by Crippen LogP contribution is -2.58. The molecule has 22 heavy (non-hydrogen) atoms. The van der Waals surface area contributed by atoms with Crippen LogP contribution in [0.2, 0.25) is 0 Å². The summed E-state index contributed by atoms with van der Waals surface area (Å²) in [6, 6.07) is 0. The van der Waals surface area contributed by atoms with Crippen LogP contribution in [0.3, 0.4) is 0 Å². The minimum atomic E-state index is 0.266. The molecule has 2 aliphatic heterocycles. The number of amides is 1. The maximum atomic E-state index is 12.3. The number of carbonyl (C=O) groups is 1. The van der Waals surface area contributed by atoms with Gasteiger partial charge in [0.25, 0.3) is 0 Å². The third-order valence-electron chi connectivity index (χ3n) is 6.06. The molecule has 4 heteroatoms. The van der Waals surface area contributed by atoms with Gasteiger partial charge in [-0.25, -0.2) is 0 Å². The van der Waals surface area contributed by atoms with Crippen LogP contribution >= 0.6 is 0 Å². The van der Waals surface area contributed by atoms with Gasteiger partial charge >= 0.3 is 0 Å². The molecule has 1 atom stereocenters. The quantitative estimate of drug-likeness (QED) is 0.819. The van der Waals surface area contributed by atoms with E-state index >= 15 is 0 Å². The lowest BCUT2D eigenvalue weighted by Gasteiger charge is -2.48. The molecule has 2 heterocycles. The first-order valence-electron chi connectivity index (χ1n) is 9.51. The van der Waals surface area contributed by atoms with E-state index in [1.54, 1.807) is 0 Å². The second kappa shape index (κ2) is 7.78. The zero-order valence-corrected chi connectivity index (χ0v) is 14.0. The molecule has 3 aliphatic rings. The molecule has 0 aromatic heterocycles. The van der Waals surface area contributed by atoms with E-state index in [2.05, 4.69) is 15.5 Å². The highest BCUT2D eigenvalue weighted by Crippen LogP contribution is 2.35. The summed E-state index contributed by atoms with van der Waals surface area (Å²) in [5, 5.41) is 6.66. The predicted molar refractivity (Wildman–Crippen MR) is 89.8 cm³/mol. The predicted octanol–water partition coefficient (Wildman–Crippen LogP) is 2.29. The van der Waals surface area contributed by atoms with Crippen molar-refractivity contribution in [2.24, 2.45) is 5.92 Å². The SMILES string of the molecule is O=C(CC1CCNC1)NCC1(N2CCCCC2)CCCCC1. The van der Waals surface area contributed by atoms with E-state index in [9.17, 15) is 4.79 Å². The Morgan fingerprint density at radius 3 is 2.50 bits per heavy atom. The van der Waals surface area contributed by atoms with Crippen LogP contribution in [0.1, 0.15) is 64.2 Å². The Kier molecular flexibility index (Phi) is 5.75. The van der Waals surface area contributed by atoms with Crippen LogP contribution in [0.15, 0.2) is 0 Å². The van der Waals surface area contributed by atoms with Crippen LogP contribution in [0, 0.1) is 5.92 Å². The Balaban J connectivity index is 1.53. The van der Waals surface area contributed by atoms with Crippen LogP contribution in [-0.4, -0.2) is 49.1 Å². The number of likely N-dealkylation sites (tertiary alicyclic amines) is 1. The van der Waals surface area contributed by atoms with Crippen molar-refractivity contribution in [2.75, 3.05) is 32.7 Å². The maximum Gasteiger partial charge on any atom is 0.220 e. The van der Waals surface area contributed by atoms with Gasteiger partial charge in [0.15, 0.2) is 0 Å². The summed E-state index contributed by atoms with van der Waals surface area (Å²) in [6.45, 7) is 5.46. The van der Waals surface area contributed by atoms with Crippen LogP contribution in [-0.2, 0) is 4.79 Å². The molecule has 3 fully saturated rings. The second-order valence-electron chi connectivity index (χ2n) is 7.67. The molecule has 3 rings (SSSR count). The topological polar surface area (TPSA) is 44.4 Å². The summed E-state index contributed by atoms with van der Waals surface area (Å²) < 4.78 is 0. The largest absolute Gasteiger partial charge is 0.354 e. The molecule has 1 saturated carbocycles. The first-order chi connectivity index (χ1) is 10.8. The first-order valence-corrected chi connectivity index (χ1v) is 9.51. The van der Waals surface area contributed by atoms with E-state index in [0.717, 1.165) is 26.1 Å². The van der Waals surface area contributed by atoms with E-state index in [4.69, 9.17) is 0 Å². The van der Waals surface area contributed by atoms with Gasteiger partial charge in [0.1, 0.15) is 0 Å². The Bertz CT molecular complexity index is 353. The minimum absolute atomic E-state index is 0.266. The van der Waals surface area contributed by atoms with E-state index in [0.29, 0.717) is 12.3 Å². The number of nitrogens with one attached hydrogen (secondary N) is 2. The van der Waals surface area contributed by atoms with Crippen molar-refractivity contribution in [3.63, 3.8) is 0 Å². The van der Waals surface area contributed by atoms with Gasteiger partial charge in [0.05, 0.1) is 0 Å². The molecule has 2 saturated heterocycles. The van der Waals surface area contributed by atoms with E-state index < -0.39 is 0 Å². The number of nitrogens with zero attached hydrogens (tertiary/aromatic N) is 1. The summed E-state index contributed by atoms with van der Waals surface area (Å²) in [4.78, 5) is 15.0. The highest BCUT2D eigenvalue weighted by Gasteiger charge is 2.38. The van der Waals surface area contributed by atoms with Gasteiger partial charge in [-0.15, -0.1) is 0 Å². The molecule has 0 aromatic rings. The summed E-state index contributed by atoms with van der Waals surface area (Å²) in [5.74, 6) is 0.827. The lowest BCUT2D eigenvalue weighted by atomic mass is 9.79. The van der Waals surface area contributed by atoms with Crippen LogP contribution < -0.4 is 10.6 Å². The van der Waals surface area contributed by atoms with Crippen molar-refractivity contribution >= 4 is 5.91 Å². The molecule has 2 N–H and O–H groups in total. The normalized spacial score (nSPS) is 29.4. The first kappa shape index (κ1) is 16.3. The van der Waals surface area contributed by atoms with Crippen molar-refractivity contribution in [1.29, 1.82) is 0 Å². The molecule has 4 nitrogen and oxygen atoms in total. The number of piperidine rings is 1. The monoisotopic (exact) mass is 307 g/mol. The summed E-state index contributed by atoms with van der Waals surface area (Å²) in [6.07, 6.45) is 12.5. The molecule has 1 unspecified atom stereocenters. The number of carbonyl (C=O) groups excluding carboxylic acids is 1. The van der Waals surface area contributed by atoms with Gasteiger partial charge < -0.3 is 10.6 Å². The third kappa shape index (κ3) is 4.02. The molecular formula is C18H33N3O. The van der Waals surface area contributed by atoms with Crippen molar-refractivity contribution < 1.29 is 4.79 Å².